The predicted octanol–water partition coefficient (Wildman–Crippen LogP) is 1.16. The summed E-state index contributed by atoms with van der Waals surface area (Å²) in [6, 6.07) is 0. The molecule has 0 unspecified atom stereocenters. The maximum absolute atomic E-state index is 5.25. The van der Waals surface area contributed by atoms with Crippen molar-refractivity contribution in [3.8, 4) is 0 Å². The highest BCUT2D eigenvalue weighted by molar-refractivity contribution is 4.66. The van der Waals surface area contributed by atoms with Crippen LogP contribution < -0.4 is 0 Å². The quantitative estimate of drug-likeness (QED) is 0.472. The molecule has 2 heteroatoms. The van der Waals surface area contributed by atoms with Crippen LogP contribution in [0.5, 0.6) is 0 Å². The topological polar surface area (TPSA) is 18.5 Å². The SMILES string of the molecule is CC1O[C@H](C)[C@@H](C)O1. The molecule has 0 aromatic rings. The van der Waals surface area contributed by atoms with Crippen LogP contribution >= 0.6 is 0 Å². The summed E-state index contributed by atoms with van der Waals surface area (Å²) in [5.74, 6) is 0. The zero-order valence-electron chi connectivity index (χ0n) is 5.55. The average molecular weight is 116 g/mol. The van der Waals surface area contributed by atoms with E-state index in [1.54, 1.807) is 0 Å². The molecule has 0 aliphatic carbocycles. The molecule has 0 amide bonds. The molecule has 1 rings (SSSR count). The van der Waals surface area contributed by atoms with Crippen LogP contribution in [0.4, 0.5) is 0 Å². The van der Waals surface area contributed by atoms with Gasteiger partial charge in [-0.25, -0.2) is 0 Å². The molecule has 0 spiro atoms. The summed E-state index contributed by atoms with van der Waals surface area (Å²) in [4.78, 5) is 0. The average Bonchev–Trinajstić information content (AvgIpc) is 1.85. The van der Waals surface area contributed by atoms with E-state index in [0.29, 0.717) is 0 Å². The molecular weight excluding hydrogens is 104 g/mol. The van der Waals surface area contributed by atoms with Crippen molar-refractivity contribution < 1.29 is 9.47 Å². The minimum atomic E-state index is -0.000000000000000222. The number of hydrogen-bond acceptors (Lipinski definition) is 2. The molecule has 2 atom stereocenters. The van der Waals surface area contributed by atoms with Crippen LogP contribution in [-0.4, -0.2) is 18.5 Å². The lowest BCUT2D eigenvalue weighted by molar-refractivity contribution is -0.0470. The van der Waals surface area contributed by atoms with E-state index in [-0.39, 0.29) is 18.5 Å². The fourth-order valence-electron chi connectivity index (χ4n) is 0.858. The second-order valence-electron chi connectivity index (χ2n) is 2.25. The van der Waals surface area contributed by atoms with E-state index in [1.807, 2.05) is 20.8 Å². The van der Waals surface area contributed by atoms with Crippen molar-refractivity contribution in [3.63, 3.8) is 0 Å². The Bertz CT molecular complexity index is 72.6. The first-order valence-electron chi connectivity index (χ1n) is 3.01. The molecule has 0 aromatic heterocycles. The fraction of sp³-hybridized carbons (Fsp3) is 1.00. The zero-order valence-corrected chi connectivity index (χ0v) is 5.55. The van der Waals surface area contributed by atoms with Gasteiger partial charge in [-0.05, 0) is 20.8 Å². The molecule has 0 aromatic carbocycles. The first-order valence-corrected chi connectivity index (χ1v) is 3.01. The van der Waals surface area contributed by atoms with Crippen molar-refractivity contribution in [2.75, 3.05) is 0 Å². The van der Waals surface area contributed by atoms with Gasteiger partial charge in [0, 0.05) is 0 Å². The second kappa shape index (κ2) is 2.03. The second-order valence-corrected chi connectivity index (χ2v) is 2.25. The minimum absolute atomic E-state index is 0.000000000000000222. The first-order chi connectivity index (χ1) is 3.70. The summed E-state index contributed by atoms with van der Waals surface area (Å²) >= 11 is 0. The summed E-state index contributed by atoms with van der Waals surface area (Å²) in [6.45, 7) is 5.96. The van der Waals surface area contributed by atoms with Gasteiger partial charge in [-0.15, -0.1) is 0 Å². The fourth-order valence-corrected chi connectivity index (χ4v) is 0.858. The Morgan fingerprint density at radius 3 is 1.38 bits per heavy atom. The van der Waals surface area contributed by atoms with E-state index in [2.05, 4.69) is 0 Å². The number of rotatable bonds is 0. The van der Waals surface area contributed by atoms with Gasteiger partial charge in [0.2, 0.25) is 0 Å². The van der Waals surface area contributed by atoms with Crippen molar-refractivity contribution in [2.24, 2.45) is 0 Å². The standard InChI is InChI=1S/C6H12O2/c1-4-5(2)8-6(3)7-4/h4-6H,1-3H3/t4-,5-/m1/s1. The molecule has 1 fully saturated rings. The summed E-state index contributed by atoms with van der Waals surface area (Å²) in [6.07, 6.45) is 0.537. The Morgan fingerprint density at radius 2 is 1.25 bits per heavy atom. The Morgan fingerprint density at radius 1 is 0.875 bits per heavy atom. The lowest BCUT2D eigenvalue weighted by atomic mass is 10.3. The highest BCUT2D eigenvalue weighted by Crippen LogP contribution is 2.16. The lowest BCUT2D eigenvalue weighted by Crippen LogP contribution is -2.13. The Balaban J connectivity index is 2.39. The van der Waals surface area contributed by atoms with E-state index in [4.69, 9.17) is 9.47 Å². The Labute approximate surface area is 49.8 Å². The molecule has 2 nitrogen and oxygen atoms in total. The van der Waals surface area contributed by atoms with Gasteiger partial charge in [0.1, 0.15) is 0 Å². The van der Waals surface area contributed by atoms with E-state index in [1.165, 1.54) is 0 Å². The molecule has 1 aliphatic rings. The van der Waals surface area contributed by atoms with E-state index < -0.39 is 0 Å². The summed E-state index contributed by atoms with van der Waals surface area (Å²) in [5.41, 5.74) is 0. The van der Waals surface area contributed by atoms with Gasteiger partial charge in [0.05, 0.1) is 12.2 Å². The molecular formula is C6H12O2. The van der Waals surface area contributed by atoms with Crippen molar-refractivity contribution in [1.82, 2.24) is 0 Å². The molecule has 48 valence electrons. The molecule has 0 saturated carbocycles. The molecule has 0 bridgehead atoms. The molecule has 0 N–H and O–H groups in total. The van der Waals surface area contributed by atoms with E-state index in [0.717, 1.165) is 0 Å². The van der Waals surface area contributed by atoms with Gasteiger partial charge in [-0.3, -0.25) is 0 Å². The molecule has 1 saturated heterocycles. The smallest absolute Gasteiger partial charge is 0.155 e. The van der Waals surface area contributed by atoms with Gasteiger partial charge in [-0.1, -0.05) is 0 Å². The van der Waals surface area contributed by atoms with Crippen molar-refractivity contribution in [3.05, 3.63) is 0 Å². The van der Waals surface area contributed by atoms with Gasteiger partial charge >= 0.3 is 0 Å². The van der Waals surface area contributed by atoms with Crippen LogP contribution in [0.3, 0.4) is 0 Å². The van der Waals surface area contributed by atoms with Gasteiger partial charge < -0.3 is 9.47 Å². The molecule has 1 aliphatic heterocycles. The van der Waals surface area contributed by atoms with Crippen molar-refractivity contribution in [1.29, 1.82) is 0 Å². The predicted molar refractivity (Wildman–Crippen MR) is 30.6 cm³/mol. The van der Waals surface area contributed by atoms with Gasteiger partial charge in [0.15, 0.2) is 6.29 Å². The summed E-state index contributed by atoms with van der Waals surface area (Å²) in [5, 5.41) is 0. The Kier molecular flexibility index (Phi) is 1.54. The van der Waals surface area contributed by atoms with Crippen molar-refractivity contribution in [2.45, 2.75) is 39.3 Å². The van der Waals surface area contributed by atoms with Crippen LogP contribution in [-0.2, 0) is 9.47 Å². The lowest BCUT2D eigenvalue weighted by Gasteiger charge is -2.02. The van der Waals surface area contributed by atoms with Crippen LogP contribution in [0.25, 0.3) is 0 Å². The summed E-state index contributed by atoms with van der Waals surface area (Å²) < 4.78 is 10.5. The molecule has 1 heterocycles. The van der Waals surface area contributed by atoms with Crippen LogP contribution in [0.2, 0.25) is 0 Å². The monoisotopic (exact) mass is 116 g/mol. The van der Waals surface area contributed by atoms with E-state index >= 15 is 0 Å². The van der Waals surface area contributed by atoms with Gasteiger partial charge in [-0.2, -0.15) is 0 Å². The third kappa shape index (κ3) is 1.01. The third-order valence-electron chi connectivity index (χ3n) is 1.47. The normalized spacial score (nSPS) is 40.9. The largest absolute Gasteiger partial charge is 0.347 e. The van der Waals surface area contributed by atoms with Crippen LogP contribution in [0.1, 0.15) is 20.8 Å². The maximum Gasteiger partial charge on any atom is 0.155 e. The number of ether oxygens (including phenoxy) is 2. The molecule has 8 heavy (non-hydrogen) atoms. The zero-order chi connectivity index (χ0) is 6.15. The van der Waals surface area contributed by atoms with E-state index in [9.17, 15) is 0 Å². The van der Waals surface area contributed by atoms with Crippen molar-refractivity contribution >= 4 is 0 Å². The van der Waals surface area contributed by atoms with Crippen LogP contribution in [0, 0.1) is 0 Å². The maximum atomic E-state index is 5.25. The highest BCUT2D eigenvalue weighted by atomic mass is 16.7. The molecule has 0 radical (unpaired) electrons. The first kappa shape index (κ1) is 6.05. The van der Waals surface area contributed by atoms with Gasteiger partial charge in [0.25, 0.3) is 0 Å². The highest BCUT2D eigenvalue weighted by Gasteiger charge is 2.25. The number of hydrogen-bond donors (Lipinski definition) is 0. The third-order valence-corrected chi connectivity index (χ3v) is 1.47. The Hall–Kier alpha value is -0.0800. The minimum Gasteiger partial charge on any atom is -0.347 e. The van der Waals surface area contributed by atoms with Crippen LogP contribution in [0.15, 0.2) is 0 Å². The summed E-state index contributed by atoms with van der Waals surface area (Å²) in [7, 11) is 0.